The summed E-state index contributed by atoms with van der Waals surface area (Å²) in [4.78, 5) is 1.35. The maximum Gasteiger partial charge on any atom is 0.123 e. The van der Waals surface area contributed by atoms with Gasteiger partial charge in [-0.1, -0.05) is 28.1 Å². The van der Waals surface area contributed by atoms with Gasteiger partial charge in [-0.15, -0.1) is 11.8 Å². The summed E-state index contributed by atoms with van der Waals surface area (Å²) in [6.45, 7) is 3.91. The minimum absolute atomic E-state index is 0.101. The van der Waals surface area contributed by atoms with Crippen molar-refractivity contribution in [3.05, 3.63) is 64.5 Å². The Morgan fingerprint density at radius 2 is 1.58 bits per heavy atom. The summed E-state index contributed by atoms with van der Waals surface area (Å²) in [5, 5.41) is 0. The number of rotatable bonds is 3. The van der Waals surface area contributed by atoms with Crippen molar-refractivity contribution < 1.29 is 4.39 Å². The van der Waals surface area contributed by atoms with Crippen LogP contribution in [0.15, 0.2) is 41.3 Å². The minimum Gasteiger partial charge on any atom is -0.207 e. The fourth-order valence-electron chi connectivity index (χ4n) is 2.26. The van der Waals surface area contributed by atoms with Gasteiger partial charge in [-0.25, -0.2) is 4.39 Å². The first-order chi connectivity index (χ1) is 9.02. The van der Waals surface area contributed by atoms with Crippen LogP contribution in [-0.2, 0) is 0 Å². The van der Waals surface area contributed by atoms with Gasteiger partial charge in [-0.3, -0.25) is 0 Å². The second-order valence-corrected chi connectivity index (χ2v) is 6.38. The Labute approximate surface area is 126 Å². The highest BCUT2D eigenvalue weighted by atomic mass is 79.9. The lowest BCUT2D eigenvalue weighted by Crippen LogP contribution is -2.00. The van der Waals surface area contributed by atoms with E-state index in [-0.39, 0.29) is 10.6 Å². The normalized spacial score (nSPS) is 12.5. The molecule has 0 aliphatic carbocycles. The Morgan fingerprint density at radius 3 is 2.05 bits per heavy atom. The molecule has 1 unspecified atom stereocenters. The zero-order chi connectivity index (χ0) is 14.0. The second kappa shape index (κ2) is 6.10. The van der Waals surface area contributed by atoms with Gasteiger partial charge in [0, 0.05) is 4.90 Å². The molecule has 19 heavy (non-hydrogen) atoms. The van der Waals surface area contributed by atoms with Gasteiger partial charge in [0.25, 0.3) is 0 Å². The molecule has 2 aromatic carbocycles. The van der Waals surface area contributed by atoms with Gasteiger partial charge < -0.3 is 0 Å². The number of benzene rings is 2. The molecule has 0 amide bonds. The molecule has 0 bridgehead atoms. The van der Waals surface area contributed by atoms with Crippen LogP contribution in [0.3, 0.4) is 0 Å². The van der Waals surface area contributed by atoms with Crippen molar-refractivity contribution in [2.24, 2.45) is 0 Å². The number of hydrogen-bond donors (Lipinski definition) is 0. The monoisotopic (exact) mass is 338 g/mol. The Bertz CT molecular complexity index is 555. The van der Waals surface area contributed by atoms with E-state index in [2.05, 4.69) is 46.5 Å². The van der Waals surface area contributed by atoms with Crippen LogP contribution in [0.4, 0.5) is 4.39 Å². The third kappa shape index (κ3) is 3.21. The molecule has 2 aromatic rings. The van der Waals surface area contributed by atoms with Crippen molar-refractivity contribution in [2.45, 2.75) is 23.6 Å². The maximum absolute atomic E-state index is 13.4. The van der Waals surface area contributed by atoms with Crippen molar-refractivity contribution in [2.75, 3.05) is 6.26 Å². The fourth-order valence-corrected chi connectivity index (χ4v) is 3.70. The summed E-state index contributed by atoms with van der Waals surface area (Å²) < 4.78 is 13.4. The summed E-state index contributed by atoms with van der Waals surface area (Å²) in [6.07, 6.45) is 2.06. The lowest BCUT2D eigenvalue weighted by atomic mass is 9.96. The molecular formula is C16H16BrFS. The molecule has 0 aliphatic rings. The third-order valence-electron chi connectivity index (χ3n) is 3.22. The van der Waals surface area contributed by atoms with Crippen LogP contribution in [0.25, 0.3) is 0 Å². The van der Waals surface area contributed by atoms with Crippen LogP contribution in [-0.4, -0.2) is 6.26 Å². The summed E-state index contributed by atoms with van der Waals surface area (Å²) in [7, 11) is 0. The molecular weight excluding hydrogens is 323 g/mol. The first-order valence-electron chi connectivity index (χ1n) is 6.07. The molecule has 3 heteroatoms. The molecule has 0 N–H and O–H groups in total. The van der Waals surface area contributed by atoms with Crippen LogP contribution in [0.1, 0.15) is 27.1 Å². The van der Waals surface area contributed by atoms with Gasteiger partial charge in [0.2, 0.25) is 0 Å². The minimum atomic E-state index is -0.170. The fraction of sp³-hybridized carbons (Fsp3) is 0.250. The standard InChI is InChI=1S/C16H16BrFS/c1-10-8-13(18)9-11(2)15(10)16(17)12-4-6-14(19-3)7-5-12/h4-9,16H,1-3H3. The van der Waals surface area contributed by atoms with Crippen LogP contribution >= 0.6 is 27.7 Å². The molecule has 0 saturated heterocycles. The van der Waals surface area contributed by atoms with Crippen molar-refractivity contribution >= 4 is 27.7 Å². The lowest BCUT2D eigenvalue weighted by molar-refractivity contribution is 0.624. The van der Waals surface area contributed by atoms with E-state index in [4.69, 9.17) is 0 Å². The third-order valence-corrected chi connectivity index (χ3v) is 4.95. The van der Waals surface area contributed by atoms with Crippen LogP contribution in [0.5, 0.6) is 0 Å². The van der Waals surface area contributed by atoms with E-state index in [0.717, 1.165) is 16.7 Å². The molecule has 0 saturated carbocycles. The maximum atomic E-state index is 13.4. The molecule has 0 aromatic heterocycles. The Kier molecular flexibility index (Phi) is 4.69. The zero-order valence-electron chi connectivity index (χ0n) is 11.2. The van der Waals surface area contributed by atoms with E-state index in [0.29, 0.717) is 0 Å². The van der Waals surface area contributed by atoms with Crippen molar-refractivity contribution in [1.82, 2.24) is 0 Å². The highest BCUT2D eigenvalue weighted by Gasteiger charge is 2.16. The number of alkyl halides is 1. The van der Waals surface area contributed by atoms with Crippen LogP contribution in [0.2, 0.25) is 0 Å². The quantitative estimate of drug-likeness (QED) is 0.514. The van der Waals surface area contributed by atoms with Gasteiger partial charge in [0.1, 0.15) is 5.82 Å². The predicted molar refractivity (Wildman–Crippen MR) is 84.9 cm³/mol. The predicted octanol–water partition coefficient (Wildman–Crippen LogP) is 5.65. The molecule has 100 valence electrons. The Balaban J connectivity index is 2.40. The van der Waals surface area contributed by atoms with Gasteiger partial charge in [0.05, 0.1) is 4.83 Å². The topological polar surface area (TPSA) is 0 Å². The summed E-state index contributed by atoms with van der Waals surface area (Å²) >= 11 is 5.47. The van der Waals surface area contributed by atoms with E-state index in [1.165, 1.54) is 10.5 Å². The molecule has 2 rings (SSSR count). The van der Waals surface area contributed by atoms with Crippen molar-refractivity contribution in [1.29, 1.82) is 0 Å². The first-order valence-corrected chi connectivity index (χ1v) is 8.21. The number of hydrogen-bond acceptors (Lipinski definition) is 1. The van der Waals surface area contributed by atoms with Crippen molar-refractivity contribution in [3.8, 4) is 0 Å². The van der Waals surface area contributed by atoms with Crippen LogP contribution < -0.4 is 0 Å². The molecule has 1 atom stereocenters. The Hall–Kier alpha value is -0.800. The van der Waals surface area contributed by atoms with Crippen molar-refractivity contribution in [3.63, 3.8) is 0 Å². The lowest BCUT2D eigenvalue weighted by Gasteiger charge is -2.17. The van der Waals surface area contributed by atoms with E-state index < -0.39 is 0 Å². The van der Waals surface area contributed by atoms with E-state index in [1.807, 2.05) is 13.8 Å². The average Bonchev–Trinajstić information content (AvgIpc) is 2.37. The van der Waals surface area contributed by atoms with Gasteiger partial charge in [-0.05, 0) is 66.6 Å². The highest BCUT2D eigenvalue weighted by Crippen LogP contribution is 2.35. The van der Waals surface area contributed by atoms with E-state index >= 15 is 0 Å². The zero-order valence-corrected chi connectivity index (χ0v) is 13.6. The molecule has 0 radical (unpaired) electrons. The molecule has 0 spiro atoms. The van der Waals surface area contributed by atoms with Crippen LogP contribution in [0, 0.1) is 19.7 Å². The molecule has 0 nitrogen and oxygen atoms in total. The number of halogens is 2. The highest BCUT2D eigenvalue weighted by molar-refractivity contribution is 9.09. The molecule has 0 heterocycles. The summed E-state index contributed by atoms with van der Waals surface area (Å²) in [6, 6.07) is 11.6. The number of thioether (sulfide) groups is 1. The number of aryl methyl sites for hydroxylation is 2. The van der Waals surface area contributed by atoms with Gasteiger partial charge in [-0.2, -0.15) is 0 Å². The second-order valence-electron chi connectivity index (χ2n) is 4.59. The first kappa shape index (κ1) is 14.6. The SMILES string of the molecule is CSc1ccc(C(Br)c2c(C)cc(F)cc2C)cc1. The smallest absolute Gasteiger partial charge is 0.123 e. The summed E-state index contributed by atoms with van der Waals surface area (Å²) in [5.41, 5.74) is 4.30. The molecule has 0 aliphatic heterocycles. The Morgan fingerprint density at radius 1 is 1.05 bits per heavy atom. The summed E-state index contributed by atoms with van der Waals surface area (Å²) in [5.74, 6) is -0.170. The van der Waals surface area contributed by atoms with Gasteiger partial charge in [0.15, 0.2) is 0 Å². The van der Waals surface area contributed by atoms with Gasteiger partial charge >= 0.3 is 0 Å². The van der Waals surface area contributed by atoms with E-state index in [1.54, 1.807) is 23.9 Å². The molecule has 0 fully saturated rings. The largest absolute Gasteiger partial charge is 0.207 e. The van der Waals surface area contributed by atoms with E-state index in [9.17, 15) is 4.39 Å². The average molecular weight is 339 g/mol.